The molecule has 0 unspecified atom stereocenters. The van der Waals surface area contributed by atoms with Gasteiger partial charge in [-0.25, -0.2) is 4.98 Å². The van der Waals surface area contributed by atoms with Gasteiger partial charge in [0.25, 0.3) is 0 Å². The highest BCUT2D eigenvalue weighted by molar-refractivity contribution is 6.07. The van der Waals surface area contributed by atoms with Crippen LogP contribution in [-0.4, -0.2) is 18.0 Å². The summed E-state index contributed by atoms with van der Waals surface area (Å²) < 4.78 is 10.7. The number of hydrazone groups is 1. The number of hydrogen-bond acceptors (Lipinski definition) is 5. The van der Waals surface area contributed by atoms with E-state index in [9.17, 15) is 0 Å². The molecule has 4 aromatic rings. The smallest absolute Gasteiger partial charge is 0.231 e. The van der Waals surface area contributed by atoms with Crippen LogP contribution in [0.5, 0.6) is 11.5 Å². The van der Waals surface area contributed by atoms with Crippen molar-refractivity contribution >= 4 is 33.7 Å². The lowest BCUT2D eigenvalue weighted by Gasteiger charge is -2.09. The van der Waals surface area contributed by atoms with Gasteiger partial charge < -0.3 is 9.47 Å². The third kappa shape index (κ3) is 2.50. The standard InChI is InChI=1S/C21H15N3O2/c1-3-7-17-15(5-1)21(16-6-2-4-8-18(16)23-17)24-22-12-14-9-10-19-20(11-14)26-13-25-19/h1-12H,13H2,(H,23,24)/b22-12+. The molecule has 0 saturated carbocycles. The van der Waals surface area contributed by atoms with Crippen molar-refractivity contribution in [2.24, 2.45) is 5.10 Å². The van der Waals surface area contributed by atoms with Crippen LogP contribution in [0, 0.1) is 0 Å². The van der Waals surface area contributed by atoms with Crippen molar-refractivity contribution < 1.29 is 9.47 Å². The molecule has 1 N–H and O–H groups in total. The first-order chi connectivity index (χ1) is 12.9. The zero-order chi connectivity index (χ0) is 17.3. The van der Waals surface area contributed by atoms with E-state index in [1.807, 2.05) is 66.7 Å². The van der Waals surface area contributed by atoms with Gasteiger partial charge in [-0.2, -0.15) is 5.10 Å². The second-order valence-electron chi connectivity index (χ2n) is 6.00. The highest BCUT2D eigenvalue weighted by atomic mass is 16.7. The molecule has 26 heavy (non-hydrogen) atoms. The van der Waals surface area contributed by atoms with Gasteiger partial charge in [-0.05, 0) is 35.9 Å². The fraction of sp³-hybridized carbons (Fsp3) is 0.0476. The Balaban J connectivity index is 1.54. The molecular formula is C21H15N3O2. The molecule has 0 amide bonds. The fourth-order valence-electron chi connectivity index (χ4n) is 3.13. The van der Waals surface area contributed by atoms with E-state index in [0.29, 0.717) is 0 Å². The molecule has 5 rings (SSSR count). The van der Waals surface area contributed by atoms with Crippen molar-refractivity contribution in [3.63, 3.8) is 0 Å². The summed E-state index contributed by atoms with van der Waals surface area (Å²) >= 11 is 0. The molecule has 2 heterocycles. The minimum atomic E-state index is 0.267. The van der Waals surface area contributed by atoms with E-state index in [4.69, 9.17) is 14.5 Å². The van der Waals surface area contributed by atoms with Crippen LogP contribution in [0.15, 0.2) is 71.8 Å². The molecule has 5 heteroatoms. The predicted octanol–water partition coefficient (Wildman–Crippen LogP) is 4.56. The van der Waals surface area contributed by atoms with Crippen molar-refractivity contribution in [2.45, 2.75) is 0 Å². The molecule has 0 aliphatic carbocycles. The first-order valence-electron chi connectivity index (χ1n) is 8.35. The predicted molar refractivity (Wildman–Crippen MR) is 103 cm³/mol. The Morgan fingerprint density at radius 1 is 0.846 bits per heavy atom. The van der Waals surface area contributed by atoms with E-state index in [2.05, 4.69) is 10.5 Å². The maximum Gasteiger partial charge on any atom is 0.231 e. The van der Waals surface area contributed by atoms with Crippen LogP contribution in [0.4, 0.5) is 5.69 Å². The number of rotatable bonds is 3. The quantitative estimate of drug-likeness (QED) is 0.337. The van der Waals surface area contributed by atoms with Gasteiger partial charge in [0.05, 0.1) is 22.9 Å². The zero-order valence-electron chi connectivity index (χ0n) is 13.8. The SMILES string of the molecule is C(=N\Nc1c2ccccc2nc2ccccc12)/c1ccc2c(c1)OCO2. The first kappa shape index (κ1) is 14.7. The van der Waals surface area contributed by atoms with Crippen molar-refractivity contribution in [3.8, 4) is 11.5 Å². The number of para-hydroxylation sites is 2. The average molecular weight is 341 g/mol. The Morgan fingerprint density at radius 2 is 1.54 bits per heavy atom. The van der Waals surface area contributed by atoms with Gasteiger partial charge >= 0.3 is 0 Å². The summed E-state index contributed by atoms with van der Waals surface area (Å²) in [4.78, 5) is 4.72. The number of nitrogens with zero attached hydrogens (tertiary/aromatic N) is 2. The monoisotopic (exact) mass is 341 g/mol. The van der Waals surface area contributed by atoms with Gasteiger partial charge in [-0.1, -0.05) is 36.4 Å². The van der Waals surface area contributed by atoms with E-state index in [1.54, 1.807) is 6.21 Å². The number of hydrogen-bond donors (Lipinski definition) is 1. The molecule has 1 aliphatic rings. The van der Waals surface area contributed by atoms with Crippen LogP contribution >= 0.6 is 0 Å². The lowest BCUT2D eigenvalue weighted by Crippen LogP contribution is -1.95. The second kappa shape index (κ2) is 6.04. The summed E-state index contributed by atoms with van der Waals surface area (Å²) in [6, 6.07) is 21.9. The van der Waals surface area contributed by atoms with Crippen LogP contribution < -0.4 is 14.9 Å². The summed E-state index contributed by atoms with van der Waals surface area (Å²) in [5, 5.41) is 6.51. The molecule has 1 aromatic heterocycles. The molecule has 3 aromatic carbocycles. The minimum Gasteiger partial charge on any atom is -0.454 e. The molecule has 1 aliphatic heterocycles. The van der Waals surface area contributed by atoms with Crippen LogP contribution in [0.3, 0.4) is 0 Å². The second-order valence-corrected chi connectivity index (χ2v) is 6.00. The third-order valence-electron chi connectivity index (χ3n) is 4.37. The van der Waals surface area contributed by atoms with Crippen molar-refractivity contribution in [2.75, 3.05) is 12.2 Å². The summed E-state index contributed by atoms with van der Waals surface area (Å²) in [7, 11) is 0. The highest BCUT2D eigenvalue weighted by Crippen LogP contribution is 2.32. The Bertz CT molecular complexity index is 1100. The maximum atomic E-state index is 5.41. The number of aromatic nitrogens is 1. The Hall–Kier alpha value is -3.60. The van der Waals surface area contributed by atoms with E-state index in [0.717, 1.165) is 44.6 Å². The van der Waals surface area contributed by atoms with Crippen LogP contribution in [0.25, 0.3) is 21.8 Å². The lowest BCUT2D eigenvalue weighted by atomic mass is 10.1. The van der Waals surface area contributed by atoms with Crippen LogP contribution in [-0.2, 0) is 0 Å². The number of fused-ring (bicyclic) bond motifs is 3. The molecule has 0 bridgehead atoms. The normalized spacial score (nSPS) is 12.9. The molecule has 0 saturated heterocycles. The molecule has 0 spiro atoms. The number of benzene rings is 3. The Labute approximate surface area is 149 Å². The van der Waals surface area contributed by atoms with Gasteiger partial charge in [0.15, 0.2) is 11.5 Å². The van der Waals surface area contributed by atoms with Crippen molar-refractivity contribution in [1.29, 1.82) is 0 Å². The van der Waals surface area contributed by atoms with Gasteiger partial charge in [0, 0.05) is 10.8 Å². The van der Waals surface area contributed by atoms with Crippen LogP contribution in [0.2, 0.25) is 0 Å². The average Bonchev–Trinajstić information content (AvgIpc) is 3.15. The number of anilines is 1. The lowest BCUT2D eigenvalue weighted by molar-refractivity contribution is 0.174. The number of nitrogens with one attached hydrogen (secondary N) is 1. The molecule has 126 valence electrons. The minimum absolute atomic E-state index is 0.267. The largest absolute Gasteiger partial charge is 0.454 e. The molecular weight excluding hydrogens is 326 g/mol. The van der Waals surface area contributed by atoms with Gasteiger partial charge in [0.1, 0.15) is 0 Å². The summed E-state index contributed by atoms with van der Waals surface area (Å²) in [6.45, 7) is 0.267. The first-order valence-corrected chi connectivity index (χ1v) is 8.35. The van der Waals surface area contributed by atoms with Gasteiger partial charge in [0.2, 0.25) is 6.79 Å². The van der Waals surface area contributed by atoms with E-state index in [1.165, 1.54) is 0 Å². The topological polar surface area (TPSA) is 55.7 Å². The number of ether oxygens (including phenoxy) is 2. The van der Waals surface area contributed by atoms with E-state index in [-0.39, 0.29) is 6.79 Å². The van der Waals surface area contributed by atoms with Crippen molar-refractivity contribution in [1.82, 2.24) is 4.98 Å². The maximum absolute atomic E-state index is 5.41. The summed E-state index contributed by atoms with van der Waals surface area (Å²) in [6.07, 6.45) is 1.77. The summed E-state index contributed by atoms with van der Waals surface area (Å²) in [5.41, 5.74) is 6.96. The Kier molecular flexibility index (Phi) is 3.42. The highest BCUT2D eigenvalue weighted by Gasteiger charge is 2.12. The van der Waals surface area contributed by atoms with Crippen molar-refractivity contribution in [3.05, 3.63) is 72.3 Å². The summed E-state index contributed by atoms with van der Waals surface area (Å²) in [5.74, 6) is 1.51. The third-order valence-corrected chi connectivity index (χ3v) is 4.37. The molecule has 0 fully saturated rings. The zero-order valence-corrected chi connectivity index (χ0v) is 13.8. The fourth-order valence-corrected chi connectivity index (χ4v) is 3.13. The number of pyridine rings is 1. The molecule has 5 nitrogen and oxygen atoms in total. The molecule has 0 radical (unpaired) electrons. The van der Waals surface area contributed by atoms with E-state index < -0.39 is 0 Å². The van der Waals surface area contributed by atoms with Gasteiger partial charge in [-0.3, -0.25) is 5.43 Å². The van der Waals surface area contributed by atoms with E-state index >= 15 is 0 Å². The van der Waals surface area contributed by atoms with Gasteiger partial charge in [-0.15, -0.1) is 0 Å². The molecule has 0 atom stereocenters. The van der Waals surface area contributed by atoms with Crippen LogP contribution in [0.1, 0.15) is 5.56 Å². The Morgan fingerprint density at radius 3 is 2.31 bits per heavy atom.